The number of rotatable bonds is 6. The number of carbonyl (C=O) groups is 1. The first kappa shape index (κ1) is 15.7. The van der Waals surface area contributed by atoms with Gasteiger partial charge in [-0.25, -0.2) is 0 Å². The summed E-state index contributed by atoms with van der Waals surface area (Å²) < 4.78 is 4.40. The van der Waals surface area contributed by atoms with Crippen LogP contribution in [0.15, 0.2) is 0 Å². The predicted molar refractivity (Wildman–Crippen MR) is 80.8 cm³/mol. The Morgan fingerprint density at radius 3 is 2.70 bits per heavy atom. The molecule has 0 radical (unpaired) electrons. The quantitative estimate of drug-likeness (QED) is 0.845. The molecule has 0 aromatic carbocycles. The number of carbonyl (C=O) groups excluding carboxylic acids is 1. The number of hydrogen-bond donors (Lipinski definition) is 2. The average Bonchev–Trinajstić information content (AvgIpc) is 3.03. The fraction of sp³-hybridized carbons (Fsp3) is 0.769. The van der Waals surface area contributed by atoms with Gasteiger partial charge in [0, 0.05) is 24.6 Å². The maximum Gasteiger partial charge on any atom is 0.240 e. The maximum absolute atomic E-state index is 12.5. The molecular formula is C13H21ClN4OS. The minimum Gasteiger partial charge on any atom is -0.354 e. The van der Waals surface area contributed by atoms with Gasteiger partial charge in [-0.05, 0) is 18.8 Å². The molecule has 1 aliphatic carbocycles. The molecule has 2 N–H and O–H groups in total. The zero-order chi connectivity index (χ0) is 14.6. The van der Waals surface area contributed by atoms with Crippen molar-refractivity contribution in [2.24, 2.45) is 5.92 Å². The maximum atomic E-state index is 12.5. The van der Waals surface area contributed by atoms with E-state index in [9.17, 15) is 4.79 Å². The number of halogens is 1. The van der Waals surface area contributed by atoms with Crippen LogP contribution in [0.5, 0.6) is 0 Å². The first-order chi connectivity index (χ1) is 9.53. The van der Waals surface area contributed by atoms with E-state index in [-0.39, 0.29) is 5.91 Å². The van der Waals surface area contributed by atoms with E-state index in [0.29, 0.717) is 23.3 Å². The zero-order valence-electron chi connectivity index (χ0n) is 11.9. The van der Waals surface area contributed by atoms with Gasteiger partial charge in [-0.2, -0.15) is 0 Å². The molecule has 0 bridgehead atoms. The molecule has 1 fully saturated rings. The molecule has 112 valence electrons. The molecule has 20 heavy (non-hydrogen) atoms. The Balaban J connectivity index is 1.98. The Labute approximate surface area is 128 Å². The molecule has 1 saturated carbocycles. The van der Waals surface area contributed by atoms with Gasteiger partial charge in [0.1, 0.15) is 10.0 Å². The molecule has 0 unspecified atom stereocenters. The van der Waals surface area contributed by atoms with Gasteiger partial charge in [-0.15, -0.1) is 5.10 Å². The summed E-state index contributed by atoms with van der Waals surface area (Å²) in [6.07, 6.45) is 3.88. The Hall–Kier alpha value is -0.720. The molecule has 7 heteroatoms. The Morgan fingerprint density at radius 2 is 2.15 bits per heavy atom. The Morgan fingerprint density at radius 1 is 1.45 bits per heavy atom. The van der Waals surface area contributed by atoms with Crippen molar-refractivity contribution in [3.05, 3.63) is 10.0 Å². The van der Waals surface area contributed by atoms with Crippen LogP contribution in [0.3, 0.4) is 0 Å². The number of amides is 1. The highest BCUT2D eigenvalue weighted by molar-refractivity contribution is 7.10. The van der Waals surface area contributed by atoms with Gasteiger partial charge in [-0.3, -0.25) is 10.1 Å². The van der Waals surface area contributed by atoms with Crippen LogP contribution in [-0.4, -0.2) is 27.6 Å². The molecule has 1 aromatic heterocycles. The van der Waals surface area contributed by atoms with Crippen molar-refractivity contribution in [1.82, 2.24) is 20.2 Å². The third-order valence-corrected chi connectivity index (χ3v) is 4.65. The SMILES string of the molecule is CC(C)CNC(=O)C1(NCc2nnsc2Cl)CCCC1. The number of nitrogens with zero attached hydrogens (tertiary/aromatic N) is 2. The van der Waals surface area contributed by atoms with Crippen molar-refractivity contribution in [2.75, 3.05) is 6.54 Å². The lowest BCUT2D eigenvalue weighted by Crippen LogP contribution is -2.55. The standard InChI is InChI=1S/C13H21ClN4OS/c1-9(2)7-15-12(19)13(5-3-4-6-13)16-8-10-11(14)20-18-17-10/h9,16H,3-8H2,1-2H3,(H,15,19). The largest absolute Gasteiger partial charge is 0.354 e. The summed E-state index contributed by atoms with van der Waals surface area (Å²) in [7, 11) is 0. The van der Waals surface area contributed by atoms with E-state index in [4.69, 9.17) is 11.6 Å². The minimum atomic E-state index is -0.470. The third-order valence-electron chi connectivity index (χ3n) is 3.67. The monoisotopic (exact) mass is 316 g/mol. The van der Waals surface area contributed by atoms with Crippen LogP contribution in [0.2, 0.25) is 4.34 Å². The lowest BCUT2D eigenvalue weighted by atomic mass is 9.95. The fourth-order valence-electron chi connectivity index (χ4n) is 2.48. The third kappa shape index (κ3) is 3.68. The van der Waals surface area contributed by atoms with Gasteiger partial charge < -0.3 is 5.32 Å². The van der Waals surface area contributed by atoms with Gasteiger partial charge >= 0.3 is 0 Å². The predicted octanol–water partition coefficient (Wildman–Crippen LogP) is 2.37. The average molecular weight is 317 g/mol. The van der Waals surface area contributed by atoms with Gasteiger partial charge in [-0.1, -0.05) is 42.8 Å². The second-order valence-corrected chi connectivity index (χ2v) is 7.10. The summed E-state index contributed by atoms with van der Waals surface area (Å²) in [5, 5.41) is 10.4. The second kappa shape index (κ2) is 6.83. The van der Waals surface area contributed by atoms with E-state index < -0.39 is 5.54 Å². The molecular weight excluding hydrogens is 296 g/mol. The van der Waals surface area contributed by atoms with Crippen molar-refractivity contribution in [3.63, 3.8) is 0 Å². The van der Waals surface area contributed by atoms with Crippen molar-refractivity contribution >= 4 is 29.0 Å². The molecule has 1 aromatic rings. The van der Waals surface area contributed by atoms with Gasteiger partial charge in [0.2, 0.25) is 5.91 Å². The van der Waals surface area contributed by atoms with E-state index in [1.54, 1.807) is 0 Å². The summed E-state index contributed by atoms with van der Waals surface area (Å²) >= 11 is 7.18. The van der Waals surface area contributed by atoms with E-state index in [2.05, 4.69) is 34.1 Å². The van der Waals surface area contributed by atoms with Gasteiger partial charge in [0.15, 0.2) is 0 Å². The van der Waals surface area contributed by atoms with Gasteiger partial charge in [0.25, 0.3) is 0 Å². The van der Waals surface area contributed by atoms with Crippen LogP contribution < -0.4 is 10.6 Å². The summed E-state index contributed by atoms with van der Waals surface area (Å²) in [5.74, 6) is 0.553. The van der Waals surface area contributed by atoms with E-state index in [0.717, 1.165) is 31.4 Å². The lowest BCUT2D eigenvalue weighted by Gasteiger charge is -2.29. The molecule has 1 amide bonds. The second-order valence-electron chi connectivity index (χ2n) is 5.74. The van der Waals surface area contributed by atoms with Crippen LogP contribution in [-0.2, 0) is 11.3 Å². The fourth-order valence-corrected chi connectivity index (χ4v) is 3.11. The molecule has 0 atom stereocenters. The Kier molecular flexibility index (Phi) is 5.35. The van der Waals surface area contributed by atoms with Crippen LogP contribution in [0.1, 0.15) is 45.2 Å². The first-order valence-electron chi connectivity index (χ1n) is 7.03. The summed E-state index contributed by atoms with van der Waals surface area (Å²) in [6.45, 7) is 5.39. The van der Waals surface area contributed by atoms with Gasteiger partial charge in [0.05, 0.1) is 5.54 Å². The highest BCUT2D eigenvalue weighted by atomic mass is 35.5. The zero-order valence-corrected chi connectivity index (χ0v) is 13.5. The van der Waals surface area contributed by atoms with Crippen LogP contribution >= 0.6 is 23.1 Å². The highest BCUT2D eigenvalue weighted by Gasteiger charge is 2.40. The van der Waals surface area contributed by atoms with Crippen LogP contribution in [0, 0.1) is 5.92 Å². The molecule has 0 aliphatic heterocycles. The molecule has 1 aliphatic rings. The van der Waals surface area contributed by atoms with Crippen molar-refractivity contribution < 1.29 is 4.79 Å². The van der Waals surface area contributed by atoms with E-state index >= 15 is 0 Å². The topological polar surface area (TPSA) is 66.9 Å². The van der Waals surface area contributed by atoms with E-state index in [1.807, 2.05) is 0 Å². The lowest BCUT2D eigenvalue weighted by molar-refractivity contribution is -0.127. The molecule has 1 heterocycles. The first-order valence-corrected chi connectivity index (χ1v) is 8.19. The summed E-state index contributed by atoms with van der Waals surface area (Å²) in [4.78, 5) is 12.5. The molecule has 5 nitrogen and oxygen atoms in total. The minimum absolute atomic E-state index is 0.100. The summed E-state index contributed by atoms with van der Waals surface area (Å²) in [5.41, 5.74) is 0.251. The number of aromatic nitrogens is 2. The van der Waals surface area contributed by atoms with Crippen LogP contribution in [0.4, 0.5) is 0 Å². The van der Waals surface area contributed by atoms with E-state index in [1.165, 1.54) is 11.5 Å². The van der Waals surface area contributed by atoms with Crippen molar-refractivity contribution in [3.8, 4) is 0 Å². The highest BCUT2D eigenvalue weighted by Crippen LogP contribution is 2.31. The normalized spacial score (nSPS) is 17.6. The Bertz CT molecular complexity index is 457. The molecule has 0 saturated heterocycles. The number of nitrogens with one attached hydrogen (secondary N) is 2. The number of hydrogen-bond acceptors (Lipinski definition) is 5. The molecule has 2 rings (SSSR count). The van der Waals surface area contributed by atoms with Crippen LogP contribution in [0.25, 0.3) is 0 Å². The summed E-state index contributed by atoms with van der Waals surface area (Å²) in [6, 6.07) is 0. The van der Waals surface area contributed by atoms with Crippen molar-refractivity contribution in [1.29, 1.82) is 0 Å². The smallest absolute Gasteiger partial charge is 0.240 e. The molecule has 0 spiro atoms. The van der Waals surface area contributed by atoms with Crippen molar-refractivity contribution in [2.45, 2.75) is 51.6 Å².